The summed E-state index contributed by atoms with van der Waals surface area (Å²) in [4.78, 5) is 0. The molecule has 0 amide bonds. The fourth-order valence-corrected chi connectivity index (χ4v) is 2.96. The monoisotopic (exact) mass is 254 g/mol. The van der Waals surface area contributed by atoms with Crippen LogP contribution in [0, 0.1) is 0 Å². The summed E-state index contributed by atoms with van der Waals surface area (Å²) < 4.78 is 5.43. The van der Waals surface area contributed by atoms with Gasteiger partial charge in [-0.05, 0) is 37.7 Å². The Balaban J connectivity index is 1.86. The van der Waals surface area contributed by atoms with Crippen LogP contribution in [0.4, 0.5) is 0 Å². The maximum Gasteiger partial charge on any atom is 0.0688 e. The average molecular weight is 255 g/mol. The second kappa shape index (κ2) is 4.99. The fourth-order valence-electron chi connectivity index (χ4n) is 2.77. The summed E-state index contributed by atoms with van der Waals surface area (Å²) in [5, 5.41) is 7.83. The summed E-state index contributed by atoms with van der Waals surface area (Å²) in [5.74, 6) is 2.00. The SMILES string of the molecule is ClCCc1c(C2CC2)n[nH]c1C1CCOCC1. The van der Waals surface area contributed by atoms with Gasteiger partial charge in [0, 0.05) is 36.6 Å². The normalized spacial score (nSPS) is 21.9. The number of rotatable bonds is 4. The Bertz CT molecular complexity index is 381. The van der Waals surface area contributed by atoms with Gasteiger partial charge >= 0.3 is 0 Å². The second-order valence-corrected chi connectivity index (χ2v) is 5.48. The molecule has 2 heterocycles. The molecule has 1 saturated heterocycles. The molecule has 1 aromatic heterocycles. The van der Waals surface area contributed by atoms with E-state index >= 15 is 0 Å². The van der Waals surface area contributed by atoms with E-state index in [1.807, 2.05) is 0 Å². The van der Waals surface area contributed by atoms with Gasteiger partial charge in [-0.2, -0.15) is 5.10 Å². The Morgan fingerprint density at radius 3 is 2.59 bits per heavy atom. The number of aromatic amines is 1. The summed E-state index contributed by atoms with van der Waals surface area (Å²) in [7, 11) is 0. The third kappa shape index (κ3) is 2.36. The van der Waals surface area contributed by atoms with Gasteiger partial charge in [-0.25, -0.2) is 0 Å². The highest BCUT2D eigenvalue weighted by molar-refractivity contribution is 6.18. The number of nitrogens with one attached hydrogen (secondary N) is 1. The number of alkyl halides is 1. The first kappa shape index (κ1) is 11.5. The molecule has 1 aliphatic carbocycles. The number of hydrogen-bond acceptors (Lipinski definition) is 2. The topological polar surface area (TPSA) is 37.9 Å². The second-order valence-electron chi connectivity index (χ2n) is 5.10. The van der Waals surface area contributed by atoms with Crippen molar-refractivity contribution in [3.05, 3.63) is 17.0 Å². The highest BCUT2D eigenvalue weighted by Gasteiger charge is 2.31. The zero-order valence-electron chi connectivity index (χ0n) is 10.0. The van der Waals surface area contributed by atoms with Crippen molar-refractivity contribution < 1.29 is 4.74 Å². The molecule has 3 rings (SSSR count). The van der Waals surface area contributed by atoms with E-state index in [-0.39, 0.29) is 0 Å². The van der Waals surface area contributed by atoms with Crippen molar-refractivity contribution in [2.75, 3.05) is 19.1 Å². The van der Waals surface area contributed by atoms with E-state index in [9.17, 15) is 0 Å². The number of halogens is 1. The van der Waals surface area contributed by atoms with Gasteiger partial charge in [-0.3, -0.25) is 5.10 Å². The van der Waals surface area contributed by atoms with Crippen molar-refractivity contribution in [2.24, 2.45) is 0 Å². The molecule has 0 bridgehead atoms. The minimum atomic E-state index is 0.599. The molecule has 94 valence electrons. The number of hydrogen-bond donors (Lipinski definition) is 1. The van der Waals surface area contributed by atoms with Crippen LogP contribution in [0.25, 0.3) is 0 Å². The molecular weight excluding hydrogens is 236 g/mol. The zero-order chi connectivity index (χ0) is 11.7. The minimum Gasteiger partial charge on any atom is -0.381 e. The lowest BCUT2D eigenvalue weighted by molar-refractivity contribution is 0.0843. The Morgan fingerprint density at radius 2 is 1.94 bits per heavy atom. The van der Waals surface area contributed by atoms with E-state index in [0.29, 0.717) is 17.7 Å². The molecule has 1 saturated carbocycles. The molecule has 0 unspecified atom stereocenters. The molecule has 0 spiro atoms. The highest BCUT2D eigenvalue weighted by atomic mass is 35.5. The van der Waals surface area contributed by atoms with Gasteiger partial charge in [0.05, 0.1) is 5.69 Å². The van der Waals surface area contributed by atoms with Crippen LogP contribution in [0.1, 0.15) is 54.5 Å². The van der Waals surface area contributed by atoms with Crippen LogP contribution in [0.5, 0.6) is 0 Å². The molecule has 17 heavy (non-hydrogen) atoms. The van der Waals surface area contributed by atoms with Crippen LogP contribution < -0.4 is 0 Å². The standard InChI is InChI=1S/C13H19ClN2O/c14-6-3-11-12(9-1-2-9)15-16-13(11)10-4-7-17-8-5-10/h9-10H,1-8H2,(H,15,16). The first-order valence-corrected chi connectivity index (χ1v) is 7.14. The van der Waals surface area contributed by atoms with Crippen molar-refractivity contribution in [1.29, 1.82) is 0 Å². The smallest absolute Gasteiger partial charge is 0.0688 e. The van der Waals surface area contributed by atoms with Gasteiger partial charge in [0.2, 0.25) is 0 Å². The van der Waals surface area contributed by atoms with E-state index in [0.717, 1.165) is 32.5 Å². The fraction of sp³-hybridized carbons (Fsp3) is 0.769. The molecule has 2 aliphatic rings. The van der Waals surface area contributed by atoms with Crippen LogP contribution in [0.15, 0.2) is 0 Å². The zero-order valence-corrected chi connectivity index (χ0v) is 10.8. The lowest BCUT2D eigenvalue weighted by atomic mass is 9.91. The van der Waals surface area contributed by atoms with Gasteiger partial charge in [0.25, 0.3) is 0 Å². The Kier molecular flexibility index (Phi) is 3.39. The largest absolute Gasteiger partial charge is 0.381 e. The van der Waals surface area contributed by atoms with Crippen LogP contribution in [0.3, 0.4) is 0 Å². The van der Waals surface area contributed by atoms with Gasteiger partial charge in [0.15, 0.2) is 0 Å². The van der Waals surface area contributed by atoms with E-state index in [2.05, 4.69) is 10.2 Å². The number of ether oxygens (including phenoxy) is 1. The predicted octanol–water partition coefficient (Wildman–Crippen LogP) is 2.96. The highest BCUT2D eigenvalue weighted by Crippen LogP contribution is 2.43. The lowest BCUT2D eigenvalue weighted by Gasteiger charge is -2.22. The Morgan fingerprint density at radius 1 is 1.18 bits per heavy atom. The van der Waals surface area contributed by atoms with E-state index in [4.69, 9.17) is 16.3 Å². The number of aromatic nitrogens is 2. The maximum atomic E-state index is 5.93. The first-order chi connectivity index (χ1) is 8.40. The average Bonchev–Trinajstić information content (AvgIpc) is 3.13. The third-order valence-corrected chi connectivity index (χ3v) is 4.06. The molecule has 3 nitrogen and oxygen atoms in total. The van der Waals surface area contributed by atoms with Gasteiger partial charge in [0.1, 0.15) is 0 Å². The first-order valence-electron chi connectivity index (χ1n) is 6.61. The van der Waals surface area contributed by atoms with Gasteiger partial charge in [-0.15, -0.1) is 11.6 Å². The third-order valence-electron chi connectivity index (χ3n) is 3.87. The maximum absolute atomic E-state index is 5.93. The van der Waals surface area contributed by atoms with E-state index < -0.39 is 0 Å². The number of H-pyrrole nitrogens is 1. The van der Waals surface area contributed by atoms with Crippen LogP contribution >= 0.6 is 11.6 Å². The van der Waals surface area contributed by atoms with E-state index in [1.165, 1.54) is 29.8 Å². The van der Waals surface area contributed by atoms with Crippen molar-refractivity contribution in [3.8, 4) is 0 Å². The molecule has 0 radical (unpaired) electrons. The van der Waals surface area contributed by atoms with E-state index in [1.54, 1.807) is 0 Å². The quantitative estimate of drug-likeness (QED) is 0.839. The van der Waals surface area contributed by atoms with Gasteiger partial charge < -0.3 is 4.74 Å². The Hall–Kier alpha value is -0.540. The van der Waals surface area contributed by atoms with Crippen molar-refractivity contribution in [3.63, 3.8) is 0 Å². The molecule has 1 aliphatic heterocycles. The molecule has 4 heteroatoms. The van der Waals surface area contributed by atoms with Gasteiger partial charge in [-0.1, -0.05) is 0 Å². The van der Waals surface area contributed by atoms with Crippen molar-refractivity contribution in [1.82, 2.24) is 10.2 Å². The minimum absolute atomic E-state index is 0.599. The van der Waals surface area contributed by atoms with Crippen LogP contribution in [0.2, 0.25) is 0 Å². The molecule has 1 N–H and O–H groups in total. The summed E-state index contributed by atoms with van der Waals surface area (Å²) in [6.45, 7) is 1.76. The lowest BCUT2D eigenvalue weighted by Crippen LogP contribution is -2.15. The summed E-state index contributed by atoms with van der Waals surface area (Å²) in [6, 6.07) is 0. The molecule has 2 fully saturated rings. The summed E-state index contributed by atoms with van der Waals surface area (Å²) in [6.07, 6.45) is 5.78. The molecular formula is C13H19ClN2O. The van der Waals surface area contributed by atoms with Crippen LogP contribution in [-0.2, 0) is 11.2 Å². The molecule has 1 aromatic rings. The molecule has 0 atom stereocenters. The van der Waals surface area contributed by atoms with Crippen LogP contribution in [-0.4, -0.2) is 29.3 Å². The van der Waals surface area contributed by atoms with Crippen molar-refractivity contribution >= 4 is 11.6 Å². The number of nitrogens with zero attached hydrogens (tertiary/aromatic N) is 1. The molecule has 0 aromatic carbocycles. The summed E-state index contributed by atoms with van der Waals surface area (Å²) >= 11 is 5.93. The summed E-state index contributed by atoms with van der Waals surface area (Å²) in [5.41, 5.74) is 4.05. The predicted molar refractivity (Wildman–Crippen MR) is 67.8 cm³/mol. The van der Waals surface area contributed by atoms with Crippen molar-refractivity contribution in [2.45, 2.75) is 43.9 Å². The Labute approximate surface area is 107 Å².